The van der Waals surface area contributed by atoms with E-state index in [-0.39, 0.29) is 0 Å². The lowest BCUT2D eigenvalue weighted by atomic mass is 9.78. The molecule has 0 N–H and O–H groups in total. The van der Waals surface area contributed by atoms with Crippen molar-refractivity contribution in [2.75, 3.05) is 13.2 Å². The number of ether oxygens (including phenoxy) is 2. The molecule has 0 saturated carbocycles. The van der Waals surface area contributed by atoms with Gasteiger partial charge in [0.05, 0.1) is 22.2 Å². The molecule has 0 atom stereocenters. The first-order chi connectivity index (χ1) is 11.0. The Balaban J connectivity index is 2.29. The Bertz CT molecular complexity index is 816. The second-order valence-electron chi connectivity index (χ2n) is 4.93. The fourth-order valence-electron chi connectivity index (χ4n) is 2.79. The van der Waals surface area contributed by atoms with Crippen LogP contribution in [-0.2, 0) is 0 Å². The van der Waals surface area contributed by atoms with Crippen LogP contribution >= 0.6 is 47.8 Å². The van der Waals surface area contributed by atoms with E-state index in [1.54, 1.807) is 6.07 Å². The molecule has 0 spiro atoms. The molecule has 3 rings (SSSR count). The van der Waals surface area contributed by atoms with Crippen LogP contribution in [0, 0.1) is 0 Å². The van der Waals surface area contributed by atoms with Crippen LogP contribution in [0.25, 0.3) is 22.3 Å². The van der Waals surface area contributed by atoms with Gasteiger partial charge in [0.2, 0.25) is 0 Å². The molecule has 0 saturated heterocycles. The van der Waals surface area contributed by atoms with Gasteiger partial charge in [0.1, 0.15) is 11.5 Å². The molecule has 1 aliphatic carbocycles. The van der Waals surface area contributed by atoms with Crippen molar-refractivity contribution in [2.24, 2.45) is 0 Å². The van der Waals surface area contributed by atoms with Gasteiger partial charge in [-0.1, -0.05) is 0 Å². The minimum atomic E-state index is 0.534. The van der Waals surface area contributed by atoms with Crippen molar-refractivity contribution >= 4 is 54.1 Å². The standard InChI is InChI=1S/C17H13Br3O3/c1-3-22-10-5-8(7-21)12-13-9(18)6-11(23-4-2)17(20)15(13)14(12)16(10)19/h5-7H,3-4H2,1-2H3. The van der Waals surface area contributed by atoms with E-state index in [1.807, 2.05) is 19.9 Å². The minimum absolute atomic E-state index is 0.534. The normalized spacial score (nSPS) is 11.3. The van der Waals surface area contributed by atoms with E-state index in [4.69, 9.17) is 9.47 Å². The number of carbonyl (C=O) groups is 1. The molecule has 120 valence electrons. The van der Waals surface area contributed by atoms with E-state index in [2.05, 4.69) is 47.8 Å². The summed E-state index contributed by atoms with van der Waals surface area (Å²) in [4.78, 5) is 11.5. The number of carbonyl (C=O) groups excluding carboxylic acids is 1. The molecule has 0 radical (unpaired) electrons. The highest BCUT2D eigenvalue weighted by atomic mass is 79.9. The van der Waals surface area contributed by atoms with Crippen LogP contribution in [0.3, 0.4) is 0 Å². The molecule has 2 aromatic rings. The van der Waals surface area contributed by atoms with Crippen LogP contribution in [0.1, 0.15) is 24.2 Å². The van der Waals surface area contributed by atoms with E-state index in [0.29, 0.717) is 24.5 Å². The number of aldehydes is 1. The molecule has 23 heavy (non-hydrogen) atoms. The molecule has 1 aliphatic rings. The highest BCUT2D eigenvalue weighted by molar-refractivity contribution is 9.11. The molecular formula is C17H13Br3O3. The van der Waals surface area contributed by atoms with Crippen molar-refractivity contribution in [3.63, 3.8) is 0 Å². The Hall–Kier alpha value is -0.850. The number of hydrogen-bond acceptors (Lipinski definition) is 3. The predicted molar refractivity (Wildman–Crippen MR) is 102 cm³/mol. The highest BCUT2D eigenvalue weighted by Crippen LogP contribution is 2.61. The molecule has 3 nitrogen and oxygen atoms in total. The zero-order valence-electron chi connectivity index (χ0n) is 12.5. The van der Waals surface area contributed by atoms with E-state index < -0.39 is 0 Å². The first-order valence-electron chi connectivity index (χ1n) is 7.15. The van der Waals surface area contributed by atoms with Crippen molar-refractivity contribution in [1.29, 1.82) is 0 Å². The molecule has 0 heterocycles. The van der Waals surface area contributed by atoms with Crippen LogP contribution in [0.15, 0.2) is 25.6 Å². The van der Waals surface area contributed by atoms with Crippen LogP contribution in [-0.4, -0.2) is 19.5 Å². The van der Waals surface area contributed by atoms with Gasteiger partial charge >= 0.3 is 0 Å². The average molecular weight is 505 g/mol. The molecule has 0 amide bonds. The van der Waals surface area contributed by atoms with Crippen molar-refractivity contribution in [1.82, 2.24) is 0 Å². The zero-order chi connectivity index (χ0) is 16.7. The maximum Gasteiger partial charge on any atom is 0.150 e. The summed E-state index contributed by atoms with van der Waals surface area (Å²) in [7, 11) is 0. The van der Waals surface area contributed by atoms with Crippen LogP contribution in [0.4, 0.5) is 0 Å². The zero-order valence-corrected chi connectivity index (χ0v) is 17.3. The monoisotopic (exact) mass is 502 g/mol. The van der Waals surface area contributed by atoms with Gasteiger partial charge in [0, 0.05) is 32.3 Å². The predicted octanol–water partition coefficient (Wildman–Crippen LogP) is 6.23. The Morgan fingerprint density at radius 2 is 1.39 bits per heavy atom. The third-order valence-electron chi connectivity index (χ3n) is 3.67. The molecule has 6 heteroatoms. The topological polar surface area (TPSA) is 35.5 Å². The van der Waals surface area contributed by atoms with Crippen molar-refractivity contribution in [3.05, 3.63) is 31.1 Å². The molecule has 0 fully saturated rings. The summed E-state index contributed by atoms with van der Waals surface area (Å²) >= 11 is 10.9. The summed E-state index contributed by atoms with van der Waals surface area (Å²) in [6, 6.07) is 3.70. The number of halogens is 3. The van der Waals surface area contributed by atoms with E-state index in [9.17, 15) is 4.79 Å². The van der Waals surface area contributed by atoms with E-state index in [1.165, 1.54) is 0 Å². The molecular weight excluding hydrogens is 492 g/mol. The Kier molecular flexibility index (Phi) is 4.85. The summed E-state index contributed by atoms with van der Waals surface area (Å²) in [6.45, 7) is 4.98. The highest BCUT2D eigenvalue weighted by Gasteiger charge is 2.35. The molecule has 2 aromatic carbocycles. The van der Waals surface area contributed by atoms with E-state index >= 15 is 0 Å². The first kappa shape index (κ1) is 17.0. The van der Waals surface area contributed by atoms with Gasteiger partial charge in [-0.15, -0.1) is 0 Å². The lowest BCUT2D eigenvalue weighted by Crippen LogP contribution is -2.09. The SMILES string of the molecule is CCOc1cc(Br)c2c(c1Br)-c1c(Br)c(OCC)cc(C=O)c1-2. The van der Waals surface area contributed by atoms with Gasteiger partial charge in [-0.25, -0.2) is 0 Å². The Morgan fingerprint density at radius 1 is 0.870 bits per heavy atom. The van der Waals surface area contributed by atoms with Gasteiger partial charge < -0.3 is 9.47 Å². The number of hydrogen-bond donors (Lipinski definition) is 0. The second-order valence-corrected chi connectivity index (χ2v) is 7.37. The molecule has 0 unspecified atom stereocenters. The van der Waals surface area contributed by atoms with Gasteiger partial charge in [-0.3, -0.25) is 4.79 Å². The number of fused-ring (bicyclic) bond motifs is 4. The second kappa shape index (κ2) is 6.57. The largest absolute Gasteiger partial charge is 0.493 e. The average Bonchev–Trinajstić information content (AvgIpc) is 2.49. The van der Waals surface area contributed by atoms with Crippen molar-refractivity contribution < 1.29 is 14.3 Å². The smallest absolute Gasteiger partial charge is 0.150 e. The number of rotatable bonds is 5. The molecule has 0 bridgehead atoms. The molecule has 0 aromatic heterocycles. The Morgan fingerprint density at radius 3 is 1.91 bits per heavy atom. The third-order valence-corrected chi connectivity index (χ3v) is 5.87. The fourth-order valence-corrected chi connectivity index (χ4v) is 4.65. The van der Waals surface area contributed by atoms with Gasteiger partial charge in [-0.2, -0.15) is 0 Å². The van der Waals surface area contributed by atoms with Crippen LogP contribution < -0.4 is 9.47 Å². The third kappa shape index (κ3) is 2.55. The summed E-state index contributed by atoms with van der Waals surface area (Å²) in [5.41, 5.74) is 4.56. The summed E-state index contributed by atoms with van der Waals surface area (Å²) < 4.78 is 14.0. The summed E-state index contributed by atoms with van der Waals surface area (Å²) in [5, 5.41) is 0. The fraction of sp³-hybridized carbons (Fsp3) is 0.235. The quantitative estimate of drug-likeness (QED) is 0.386. The first-order valence-corrected chi connectivity index (χ1v) is 9.52. The minimum Gasteiger partial charge on any atom is -0.493 e. The van der Waals surface area contributed by atoms with Crippen LogP contribution in [0.2, 0.25) is 0 Å². The van der Waals surface area contributed by atoms with Crippen LogP contribution in [0.5, 0.6) is 11.5 Å². The lowest BCUT2D eigenvalue weighted by Gasteiger charge is -2.31. The maximum absolute atomic E-state index is 11.5. The molecule has 0 aliphatic heterocycles. The van der Waals surface area contributed by atoms with Gasteiger partial charge in [0.15, 0.2) is 6.29 Å². The Labute approximate surface area is 159 Å². The summed E-state index contributed by atoms with van der Waals surface area (Å²) in [6.07, 6.45) is 0.869. The number of benzene rings is 2. The summed E-state index contributed by atoms with van der Waals surface area (Å²) in [5.74, 6) is 1.44. The van der Waals surface area contributed by atoms with E-state index in [0.717, 1.165) is 47.7 Å². The van der Waals surface area contributed by atoms with Gasteiger partial charge in [-0.05, 0) is 73.8 Å². The van der Waals surface area contributed by atoms with Gasteiger partial charge in [0.25, 0.3) is 0 Å². The van der Waals surface area contributed by atoms with Crippen molar-refractivity contribution in [3.8, 4) is 33.8 Å². The van der Waals surface area contributed by atoms with Crippen molar-refractivity contribution in [2.45, 2.75) is 13.8 Å². The lowest BCUT2D eigenvalue weighted by molar-refractivity contribution is 0.112. The maximum atomic E-state index is 11.5.